The van der Waals surface area contributed by atoms with E-state index in [1.165, 1.54) is 11.1 Å². The Morgan fingerprint density at radius 3 is 2.50 bits per heavy atom. The van der Waals surface area contributed by atoms with E-state index >= 15 is 0 Å². The monoisotopic (exact) mass is 345 g/mol. The number of hydrogen-bond acceptors (Lipinski definition) is 3. The molecule has 0 aliphatic rings. The molecule has 0 aliphatic carbocycles. The van der Waals surface area contributed by atoms with Crippen LogP contribution >= 0.6 is 0 Å². The summed E-state index contributed by atoms with van der Waals surface area (Å²) in [6.07, 6.45) is 1.90. The van der Waals surface area contributed by atoms with Crippen molar-refractivity contribution in [2.75, 3.05) is 5.43 Å². The van der Waals surface area contributed by atoms with Gasteiger partial charge in [0, 0.05) is 5.39 Å². The Morgan fingerprint density at radius 1 is 1.00 bits per heavy atom. The van der Waals surface area contributed by atoms with Crippen molar-refractivity contribution in [2.45, 2.75) is 46.0 Å². The molecule has 0 unspecified atom stereocenters. The molecular formula is C23H27N3. The summed E-state index contributed by atoms with van der Waals surface area (Å²) in [4.78, 5) is 4.60. The third-order valence-corrected chi connectivity index (χ3v) is 4.56. The van der Waals surface area contributed by atoms with Crippen LogP contribution in [0.1, 0.15) is 57.2 Å². The van der Waals surface area contributed by atoms with Crippen LogP contribution in [0, 0.1) is 0 Å². The lowest BCUT2D eigenvalue weighted by Gasteiger charge is -2.21. The summed E-state index contributed by atoms with van der Waals surface area (Å²) in [6.45, 7) is 11.1. The summed E-state index contributed by atoms with van der Waals surface area (Å²) >= 11 is 0. The fraction of sp³-hybridized carbons (Fsp3) is 0.304. The van der Waals surface area contributed by atoms with Gasteiger partial charge in [-0.15, -0.1) is 0 Å². The Kier molecular flexibility index (Phi) is 5.08. The Balaban J connectivity index is 1.86. The van der Waals surface area contributed by atoms with Gasteiger partial charge in [-0.3, -0.25) is 5.43 Å². The molecule has 0 radical (unpaired) electrons. The third kappa shape index (κ3) is 4.10. The lowest BCUT2D eigenvalue weighted by atomic mass is 9.84. The highest BCUT2D eigenvalue weighted by molar-refractivity contribution is 5.83. The summed E-state index contributed by atoms with van der Waals surface area (Å²) in [6, 6.07) is 18.8. The fourth-order valence-electron chi connectivity index (χ4n) is 2.98. The largest absolute Gasteiger partial charge is 0.261 e. The molecule has 1 N–H and O–H groups in total. The summed E-state index contributed by atoms with van der Waals surface area (Å²) in [5, 5.41) is 5.57. The smallest absolute Gasteiger partial charge is 0.146 e. The number of pyridine rings is 1. The van der Waals surface area contributed by atoms with Crippen LogP contribution in [0.4, 0.5) is 5.82 Å². The standard InChI is InChI=1S/C23H27N3/c1-16(2)20-12-11-19(23(3,4)5)14-18(20)15-24-26-22-13-10-17-8-6-7-9-21(17)25-22/h6-16H,1-5H3,(H,25,26)/b24-15+. The molecule has 2 aromatic carbocycles. The highest BCUT2D eigenvalue weighted by Crippen LogP contribution is 2.27. The molecule has 0 amide bonds. The van der Waals surface area contributed by atoms with Gasteiger partial charge in [-0.1, -0.05) is 65.0 Å². The number of para-hydroxylation sites is 1. The molecule has 0 spiro atoms. The first-order valence-corrected chi connectivity index (χ1v) is 9.14. The van der Waals surface area contributed by atoms with E-state index in [2.05, 4.69) is 80.5 Å². The molecule has 3 heteroatoms. The van der Waals surface area contributed by atoms with E-state index in [1.807, 2.05) is 30.5 Å². The predicted molar refractivity (Wildman–Crippen MR) is 112 cm³/mol. The fourth-order valence-corrected chi connectivity index (χ4v) is 2.98. The average molecular weight is 345 g/mol. The molecule has 0 aliphatic heterocycles. The van der Waals surface area contributed by atoms with Crippen molar-refractivity contribution in [3.05, 3.63) is 71.3 Å². The quantitative estimate of drug-likeness (QED) is 0.458. The van der Waals surface area contributed by atoms with Gasteiger partial charge in [-0.05, 0) is 52.3 Å². The van der Waals surface area contributed by atoms with Crippen LogP contribution in [-0.2, 0) is 5.41 Å². The van der Waals surface area contributed by atoms with Crippen molar-refractivity contribution in [1.29, 1.82) is 0 Å². The molecule has 134 valence electrons. The Hall–Kier alpha value is -2.68. The average Bonchev–Trinajstić information content (AvgIpc) is 2.60. The molecule has 3 rings (SSSR count). The molecular weight excluding hydrogens is 318 g/mol. The number of hydrazone groups is 1. The molecule has 0 saturated carbocycles. The number of anilines is 1. The molecule has 1 aromatic heterocycles. The molecule has 26 heavy (non-hydrogen) atoms. The van der Waals surface area contributed by atoms with E-state index in [-0.39, 0.29) is 5.41 Å². The number of fused-ring (bicyclic) bond motifs is 1. The number of nitrogens with one attached hydrogen (secondary N) is 1. The van der Waals surface area contributed by atoms with E-state index in [4.69, 9.17) is 0 Å². The first-order valence-electron chi connectivity index (χ1n) is 9.14. The molecule has 3 aromatic rings. The lowest BCUT2D eigenvalue weighted by Crippen LogP contribution is -2.12. The van der Waals surface area contributed by atoms with Gasteiger partial charge in [0.25, 0.3) is 0 Å². The maximum atomic E-state index is 4.60. The van der Waals surface area contributed by atoms with Crippen LogP contribution in [0.3, 0.4) is 0 Å². The van der Waals surface area contributed by atoms with Crippen molar-refractivity contribution >= 4 is 22.9 Å². The number of rotatable bonds is 4. The number of benzene rings is 2. The zero-order valence-electron chi connectivity index (χ0n) is 16.2. The summed E-state index contributed by atoms with van der Waals surface area (Å²) < 4.78 is 0. The minimum absolute atomic E-state index is 0.116. The zero-order chi connectivity index (χ0) is 18.7. The Bertz CT molecular complexity index is 934. The van der Waals surface area contributed by atoms with Crippen molar-refractivity contribution in [3.63, 3.8) is 0 Å². The molecule has 0 bridgehead atoms. The van der Waals surface area contributed by atoms with Crippen molar-refractivity contribution < 1.29 is 0 Å². The second-order valence-corrected chi connectivity index (χ2v) is 8.01. The summed E-state index contributed by atoms with van der Waals surface area (Å²) in [5.74, 6) is 1.20. The Morgan fingerprint density at radius 2 is 1.77 bits per heavy atom. The van der Waals surface area contributed by atoms with E-state index in [1.54, 1.807) is 0 Å². The van der Waals surface area contributed by atoms with Gasteiger partial charge in [0.1, 0.15) is 5.82 Å². The molecule has 0 atom stereocenters. The van der Waals surface area contributed by atoms with Crippen LogP contribution in [-0.4, -0.2) is 11.2 Å². The minimum Gasteiger partial charge on any atom is -0.261 e. The predicted octanol–water partition coefficient (Wildman–Crippen LogP) is 6.10. The van der Waals surface area contributed by atoms with Crippen molar-refractivity contribution in [3.8, 4) is 0 Å². The van der Waals surface area contributed by atoms with E-state index in [9.17, 15) is 0 Å². The van der Waals surface area contributed by atoms with E-state index in [0.717, 1.165) is 22.3 Å². The maximum Gasteiger partial charge on any atom is 0.146 e. The van der Waals surface area contributed by atoms with Gasteiger partial charge in [-0.2, -0.15) is 5.10 Å². The molecule has 3 nitrogen and oxygen atoms in total. The number of hydrogen-bond donors (Lipinski definition) is 1. The number of aromatic nitrogens is 1. The first-order chi connectivity index (χ1) is 12.3. The summed E-state index contributed by atoms with van der Waals surface area (Å²) in [5.41, 5.74) is 7.91. The highest BCUT2D eigenvalue weighted by atomic mass is 15.3. The highest BCUT2D eigenvalue weighted by Gasteiger charge is 2.16. The SMILES string of the molecule is CC(C)c1ccc(C(C)(C)C)cc1/C=N/Nc1ccc2ccccc2n1. The molecule has 1 heterocycles. The summed E-state index contributed by atoms with van der Waals surface area (Å²) in [7, 11) is 0. The van der Waals surface area contributed by atoms with Crippen LogP contribution in [0.25, 0.3) is 10.9 Å². The van der Waals surface area contributed by atoms with Gasteiger partial charge >= 0.3 is 0 Å². The van der Waals surface area contributed by atoms with Crippen LogP contribution in [0.5, 0.6) is 0 Å². The first kappa shape index (κ1) is 18.1. The number of nitrogens with zero attached hydrogens (tertiary/aromatic N) is 2. The van der Waals surface area contributed by atoms with E-state index < -0.39 is 0 Å². The maximum absolute atomic E-state index is 4.60. The normalized spacial score (nSPS) is 12.2. The van der Waals surface area contributed by atoms with Gasteiger partial charge in [-0.25, -0.2) is 4.98 Å². The lowest BCUT2D eigenvalue weighted by molar-refractivity contribution is 0.589. The van der Waals surface area contributed by atoms with Crippen LogP contribution in [0.15, 0.2) is 59.7 Å². The second kappa shape index (κ2) is 7.28. The van der Waals surface area contributed by atoms with E-state index in [0.29, 0.717) is 5.92 Å². The van der Waals surface area contributed by atoms with Gasteiger partial charge in [0.05, 0.1) is 11.7 Å². The van der Waals surface area contributed by atoms with Gasteiger partial charge < -0.3 is 0 Å². The Labute approximate surface area is 156 Å². The van der Waals surface area contributed by atoms with Crippen LogP contribution in [0.2, 0.25) is 0 Å². The zero-order valence-corrected chi connectivity index (χ0v) is 16.2. The van der Waals surface area contributed by atoms with Crippen molar-refractivity contribution in [2.24, 2.45) is 5.10 Å². The van der Waals surface area contributed by atoms with Gasteiger partial charge in [0.2, 0.25) is 0 Å². The molecule has 0 saturated heterocycles. The molecule has 0 fully saturated rings. The van der Waals surface area contributed by atoms with Crippen LogP contribution < -0.4 is 5.43 Å². The second-order valence-electron chi connectivity index (χ2n) is 8.01. The van der Waals surface area contributed by atoms with Gasteiger partial charge in [0.15, 0.2) is 0 Å². The topological polar surface area (TPSA) is 37.3 Å². The minimum atomic E-state index is 0.116. The third-order valence-electron chi connectivity index (χ3n) is 4.56. The van der Waals surface area contributed by atoms with Crippen molar-refractivity contribution in [1.82, 2.24) is 4.98 Å².